The highest BCUT2D eigenvalue weighted by Crippen LogP contribution is 2.20. The van der Waals surface area contributed by atoms with Gasteiger partial charge in [-0.3, -0.25) is 4.79 Å². The Morgan fingerprint density at radius 1 is 1.58 bits per heavy atom. The molecule has 1 aliphatic rings. The molecule has 0 spiro atoms. The van der Waals surface area contributed by atoms with Gasteiger partial charge < -0.3 is 15.2 Å². The molecule has 0 bridgehead atoms. The molecule has 1 fully saturated rings. The smallest absolute Gasteiger partial charge is 0.292 e. The molecule has 0 radical (unpaired) electrons. The summed E-state index contributed by atoms with van der Waals surface area (Å²) in [5.41, 5.74) is 0. The predicted octanol–water partition coefficient (Wildman–Crippen LogP) is 1.37. The zero-order valence-corrected chi connectivity index (χ0v) is 12.0. The molecule has 2 rings (SSSR count). The Bertz CT molecular complexity index is 404. The summed E-state index contributed by atoms with van der Waals surface area (Å²) in [7, 11) is 0. The van der Waals surface area contributed by atoms with E-state index in [4.69, 9.17) is 4.52 Å². The zero-order valence-electron chi connectivity index (χ0n) is 11.1. The van der Waals surface area contributed by atoms with E-state index in [1.165, 1.54) is 0 Å². The van der Waals surface area contributed by atoms with Gasteiger partial charge >= 0.3 is 0 Å². The molecule has 1 aromatic rings. The first kappa shape index (κ1) is 14.3. The molecule has 7 heteroatoms. The molecular weight excluding hydrogens is 264 g/mol. The summed E-state index contributed by atoms with van der Waals surface area (Å²) < 4.78 is 5.13. The van der Waals surface area contributed by atoms with E-state index in [1.54, 1.807) is 0 Å². The number of aromatic nitrogens is 2. The van der Waals surface area contributed by atoms with E-state index < -0.39 is 0 Å². The lowest BCUT2D eigenvalue weighted by molar-refractivity contribution is 0.0940. The first-order valence-corrected chi connectivity index (χ1v) is 8.05. The summed E-state index contributed by atoms with van der Waals surface area (Å²) in [5.74, 6) is 1.52. The monoisotopic (exact) mass is 284 g/mol. The second kappa shape index (κ2) is 7.49. The third-order valence-corrected chi connectivity index (χ3v) is 3.76. The molecule has 0 saturated carbocycles. The van der Waals surface area contributed by atoms with Crippen molar-refractivity contribution in [2.75, 3.05) is 25.1 Å². The fourth-order valence-corrected chi connectivity index (χ4v) is 2.51. The Morgan fingerprint density at radius 2 is 2.47 bits per heavy atom. The number of unbranched alkanes of at least 4 members (excludes halogenated alkanes) is 1. The fraction of sp³-hybridized carbons (Fsp3) is 0.750. The van der Waals surface area contributed by atoms with E-state index in [-0.39, 0.29) is 17.8 Å². The van der Waals surface area contributed by atoms with Gasteiger partial charge in [0.25, 0.3) is 11.7 Å². The normalized spacial score (nSPS) is 18.7. The molecule has 1 aromatic heterocycles. The second-order valence-electron chi connectivity index (χ2n) is 4.56. The molecule has 6 nitrogen and oxygen atoms in total. The number of amides is 1. The van der Waals surface area contributed by atoms with Crippen LogP contribution in [-0.2, 0) is 0 Å². The third-order valence-electron chi connectivity index (χ3n) is 3.06. The first-order valence-electron chi connectivity index (χ1n) is 6.65. The van der Waals surface area contributed by atoms with E-state index in [2.05, 4.69) is 27.0 Å². The van der Waals surface area contributed by atoms with Crippen LogP contribution in [0, 0.1) is 0 Å². The average molecular weight is 284 g/mol. The highest BCUT2D eigenvalue weighted by molar-refractivity contribution is 7.98. The van der Waals surface area contributed by atoms with Crippen molar-refractivity contribution in [2.45, 2.75) is 31.7 Å². The minimum absolute atomic E-state index is 0.107. The summed E-state index contributed by atoms with van der Waals surface area (Å²) in [4.78, 5) is 15.9. The Kier molecular flexibility index (Phi) is 5.65. The Morgan fingerprint density at radius 3 is 3.21 bits per heavy atom. The van der Waals surface area contributed by atoms with E-state index in [9.17, 15) is 4.79 Å². The van der Waals surface area contributed by atoms with Crippen molar-refractivity contribution in [2.24, 2.45) is 0 Å². The number of nitrogens with zero attached hydrogens (tertiary/aromatic N) is 2. The summed E-state index contributed by atoms with van der Waals surface area (Å²) in [5, 5.41) is 9.80. The maximum Gasteiger partial charge on any atom is 0.292 e. The van der Waals surface area contributed by atoms with Gasteiger partial charge in [0.05, 0.1) is 6.04 Å². The summed E-state index contributed by atoms with van der Waals surface area (Å²) in [6.45, 7) is 1.62. The van der Waals surface area contributed by atoms with Crippen LogP contribution in [0.4, 0.5) is 0 Å². The summed E-state index contributed by atoms with van der Waals surface area (Å²) in [6.07, 6.45) is 6.24. The van der Waals surface area contributed by atoms with Crippen molar-refractivity contribution < 1.29 is 9.32 Å². The number of nitrogens with one attached hydrogen (secondary N) is 2. The number of thioether (sulfide) groups is 1. The highest BCUT2D eigenvalue weighted by atomic mass is 32.2. The molecular formula is C12H20N4O2S. The zero-order chi connectivity index (χ0) is 13.5. The average Bonchev–Trinajstić information content (AvgIpc) is 3.08. The van der Waals surface area contributed by atoms with Gasteiger partial charge in [-0.05, 0) is 44.2 Å². The third kappa shape index (κ3) is 4.21. The van der Waals surface area contributed by atoms with Crippen molar-refractivity contribution in [1.82, 2.24) is 20.8 Å². The Balaban J connectivity index is 1.76. The standard InChI is InChI=1S/C12H20N4O2S/c1-19-8-3-2-6-14-11(17)10-15-12(18-16-10)9-5-4-7-13-9/h9,13H,2-8H2,1H3,(H,14,17). The second-order valence-corrected chi connectivity index (χ2v) is 5.55. The summed E-state index contributed by atoms with van der Waals surface area (Å²) in [6, 6.07) is 0.107. The van der Waals surface area contributed by atoms with Crippen molar-refractivity contribution in [3.63, 3.8) is 0 Å². The topological polar surface area (TPSA) is 80.0 Å². The van der Waals surface area contributed by atoms with E-state index in [0.717, 1.165) is 38.0 Å². The largest absolute Gasteiger partial charge is 0.349 e. The SMILES string of the molecule is CSCCCCNC(=O)c1noc(C2CCCN2)n1. The molecule has 2 N–H and O–H groups in total. The van der Waals surface area contributed by atoms with Gasteiger partial charge in [0.2, 0.25) is 5.89 Å². The lowest BCUT2D eigenvalue weighted by atomic mass is 10.2. The number of carbonyl (C=O) groups is 1. The lowest BCUT2D eigenvalue weighted by Gasteiger charge is -2.02. The van der Waals surface area contributed by atoms with Gasteiger partial charge in [-0.2, -0.15) is 16.7 Å². The Labute approximate surface area is 117 Å². The van der Waals surface area contributed by atoms with Crippen molar-refractivity contribution in [3.05, 3.63) is 11.7 Å². The minimum Gasteiger partial charge on any atom is -0.349 e. The van der Waals surface area contributed by atoms with Gasteiger partial charge in [-0.25, -0.2) is 0 Å². The lowest BCUT2D eigenvalue weighted by Crippen LogP contribution is -2.25. The number of hydrogen-bond donors (Lipinski definition) is 2. The predicted molar refractivity (Wildman–Crippen MR) is 74.2 cm³/mol. The quantitative estimate of drug-likeness (QED) is 0.736. The van der Waals surface area contributed by atoms with Gasteiger partial charge in [-0.1, -0.05) is 5.16 Å². The molecule has 0 aromatic carbocycles. The van der Waals surface area contributed by atoms with Gasteiger partial charge in [-0.15, -0.1) is 0 Å². The number of rotatable bonds is 7. The van der Waals surface area contributed by atoms with Crippen molar-refractivity contribution in [1.29, 1.82) is 0 Å². The molecule has 1 unspecified atom stereocenters. The highest BCUT2D eigenvalue weighted by Gasteiger charge is 2.24. The molecule has 1 amide bonds. The van der Waals surface area contributed by atoms with Crippen LogP contribution in [0.2, 0.25) is 0 Å². The molecule has 1 aliphatic heterocycles. The first-order chi connectivity index (χ1) is 9.31. The molecule has 0 aliphatic carbocycles. The van der Waals surface area contributed by atoms with Crippen molar-refractivity contribution in [3.8, 4) is 0 Å². The van der Waals surface area contributed by atoms with E-state index in [0.29, 0.717) is 12.4 Å². The van der Waals surface area contributed by atoms with E-state index >= 15 is 0 Å². The van der Waals surface area contributed by atoms with Crippen LogP contribution in [0.15, 0.2) is 4.52 Å². The fourth-order valence-electron chi connectivity index (χ4n) is 2.02. The molecule has 1 atom stereocenters. The molecule has 106 valence electrons. The minimum atomic E-state index is -0.253. The van der Waals surface area contributed by atoms with E-state index in [1.807, 2.05) is 11.8 Å². The van der Waals surface area contributed by atoms with Gasteiger partial charge in [0.15, 0.2) is 0 Å². The van der Waals surface area contributed by atoms with Crippen LogP contribution in [-0.4, -0.2) is 41.1 Å². The number of hydrogen-bond acceptors (Lipinski definition) is 6. The maximum absolute atomic E-state index is 11.8. The molecule has 19 heavy (non-hydrogen) atoms. The van der Waals surface area contributed by atoms with Gasteiger partial charge in [0, 0.05) is 6.54 Å². The van der Waals surface area contributed by atoms with Crippen LogP contribution in [0.5, 0.6) is 0 Å². The maximum atomic E-state index is 11.8. The van der Waals surface area contributed by atoms with Crippen LogP contribution < -0.4 is 10.6 Å². The number of carbonyl (C=O) groups excluding carboxylic acids is 1. The summed E-state index contributed by atoms with van der Waals surface area (Å²) >= 11 is 1.81. The van der Waals surface area contributed by atoms with Crippen LogP contribution >= 0.6 is 11.8 Å². The van der Waals surface area contributed by atoms with Gasteiger partial charge in [0.1, 0.15) is 0 Å². The Hall–Kier alpha value is -1.08. The van der Waals surface area contributed by atoms with Crippen molar-refractivity contribution >= 4 is 17.7 Å². The molecule has 1 saturated heterocycles. The van der Waals surface area contributed by atoms with Crippen LogP contribution in [0.25, 0.3) is 0 Å². The van der Waals surface area contributed by atoms with Crippen LogP contribution in [0.1, 0.15) is 48.2 Å². The molecule has 2 heterocycles. The van der Waals surface area contributed by atoms with Crippen LogP contribution in [0.3, 0.4) is 0 Å².